The van der Waals surface area contributed by atoms with Crippen molar-refractivity contribution in [1.82, 2.24) is 15.5 Å². The summed E-state index contributed by atoms with van der Waals surface area (Å²) in [6.07, 6.45) is 1.48. The number of nitrogens with one attached hydrogen (secondary N) is 2. The molecule has 104 valence electrons. The molecule has 2 saturated heterocycles. The van der Waals surface area contributed by atoms with Crippen molar-refractivity contribution in [2.75, 3.05) is 19.6 Å². The van der Waals surface area contributed by atoms with Crippen LogP contribution in [0.15, 0.2) is 0 Å². The van der Waals surface area contributed by atoms with Crippen molar-refractivity contribution in [3.8, 4) is 0 Å². The van der Waals surface area contributed by atoms with Crippen LogP contribution in [0.5, 0.6) is 0 Å². The van der Waals surface area contributed by atoms with Gasteiger partial charge in [0.2, 0.25) is 5.91 Å². The van der Waals surface area contributed by atoms with Gasteiger partial charge in [-0.15, -0.1) is 0 Å². The standard InChI is InChI=1S/C11H16N4O3S/c12-8(19)5-14-10(17)11(18)15-3-1-2-6-7(15)4-13-9(6)16/h6-7H,1-5H2,(H2,12,19)(H,13,16)(H,14,17). The minimum absolute atomic E-state index is 0.000970. The summed E-state index contributed by atoms with van der Waals surface area (Å²) in [5.74, 6) is -1.58. The number of carbonyl (C=O) groups is 3. The molecule has 19 heavy (non-hydrogen) atoms. The SMILES string of the molecule is NC(=S)CNC(=O)C(=O)N1CCCC2C(=O)NCC21. The van der Waals surface area contributed by atoms with Gasteiger partial charge in [0.15, 0.2) is 0 Å². The monoisotopic (exact) mass is 284 g/mol. The molecule has 0 bridgehead atoms. The van der Waals surface area contributed by atoms with E-state index in [1.165, 1.54) is 4.90 Å². The Kier molecular flexibility index (Phi) is 3.98. The van der Waals surface area contributed by atoms with Crippen molar-refractivity contribution in [3.05, 3.63) is 0 Å². The molecule has 0 aromatic heterocycles. The number of nitrogens with two attached hydrogens (primary N) is 1. The van der Waals surface area contributed by atoms with E-state index in [0.717, 1.165) is 12.8 Å². The maximum Gasteiger partial charge on any atom is 0.312 e. The largest absolute Gasteiger partial charge is 0.392 e. The molecule has 2 aliphatic heterocycles. The van der Waals surface area contributed by atoms with E-state index >= 15 is 0 Å². The van der Waals surface area contributed by atoms with E-state index in [9.17, 15) is 14.4 Å². The van der Waals surface area contributed by atoms with Crippen LogP contribution in [-0.4, -0.2) is 53.3 Å². The van der Waals surface area contributed by atoms with Gasteiger partial charge in [-0.2, -0.15) is 0 Å². The zero-order chi connectivity index (χ0) is 14.0. The third-order valence-corrected chi connectivity index (χ3v) is 3.62. The summed E-state index contributed by atoms with van der Waals surface area (Å²) in [6, 6.07) is -0.218. The van der Waals surface area contributed by atoms with Gasteiger partial charge in [-0.05, 0) is 12.8 Å². The highest BCUT2D eigenvalue weighted by Crippen LogP contribution is 2.27. The van der Waals surface area contributed by atoms with Crippen LogP contribution in [-0.2, 0) is 14.4 Å². The third-order valence-electron chi connectivity index (χ3n) is 3.48. The highest BCUT2D eigenvalue weighted by atomic mass is 32.1. The highest BCUT2D eigenvalue weighted by Gasteiger charge is 2.43. The van der Waals surface area contributed by atoms with E-state index in [-0.39, 0.29) is 29.4 Å². The van der Waals surface area contributed by atoms with Gasteiger partial charge < -0.3 is 21.3 Å². The second-order valence-corrected chi connectivity index (χ2v) is 5.23. The van der Waals surface area contributed by atoms with Crippen molar-refractivity contribution in [3.63, 3.8) is 0 Å². The summed E-state index contributed by atoms with van der Waals surface area (Å²) < 4.78 is 0. The van der Waals surface area contributed by atoms with E-state index in [0.29, 0.717) is 13.1 Å². The van der Waals surface area contributed by atoms with Gasteiger partial charge in [0.25, 0.3) is 0 Å². The molecule has 0 aromatic rings. The molecule has 2 aliphatic rings. The fraction of sp³-hybridized carbons (Fsp3) is 0.636. The Morgan fingerprint density at radius 1 is 1.53 bits per heavy atom. The third kappa shape index (κ3) is 2.83. The predicted octanol–water partition coefficient (Wildman–Crippen LogP) is -1.87. The Balaban J connectivity index is 2.00. The Labute approximate surface area is 115 Å². The first kappa shape index (κ1) is 13.7. The number of rotatable bonds is 2. The zero-order valence-corrected chi connectivity index (χ0v) is 11.2. The summed E-state index contributed by atoms with van der Waals surface area (Å²) >= 11 is 4.63. The number of fused-ring (bicyclic) bond motifs is 1. The minimum Gasteiger partial charge on any atom is -0.392 e. The molecule has 2 unspecified atom stereocenters. The Hall–Kier alpha value is -1.70. The molecule has 0 aromatic carbocycles. The summed E-state index contributed by atoms with van der Waals surface area (Å²) in [5.41, 5.74) is 5.26. The van der Waals surface area contributed by atoms with E-state index in [4.69, 9.17) is 5.73 Å². The lowest BCUT2D eigenvalue weighted by molar-refractivity contribution is -0.149. The van der Waals surface area contributed by atoms with Gasteiger partial charge >= 0.3 is 11.8 Å². The minimum atomic E-state index is -0.729. The van der Waals surface area contributed by atoms with Gasteiger partial charge in [-0.25, -0.2) is 0 Å². The summed E-state index contributed by atoms with van der Waals surface area (Å²) in [7, 11) is 0. The fourth-order valence-corrected chi connectivity index (χ4v) is 2.65. The molecule has 4 N–H and O–H groups in total. The zero-order valence-electron chi connectivity index (χ0n) is 10.3. The van der Waals surface area contributed by atoms with Crippen LogP contribution >= 0.6 is 12.2 Å². The van der Waals surface area contributed by atoms with E-state index in [1.807, 2.05) is 0 Å². The Morgan fingerprint density at radius 3 is 2.95 bits per heavy atom. The van der Waals surface area contributed by atoms with Gasteiger partial charge in [0, 0.05) is 13.1 Å². The number of nitrogens with zero attached hydrogens (tertiary/aromatic N) is 1. The lowest BCUT2D eigenvalue weighted by atomic mass is 9.91. The molecule has 2 rings (SSSR count). The average molecular weight is 284 g/mol. The molecule has 0 saturated carbocycles. The van der Waals surface area contributed by atoms with E-state index in [1.54, 1.807) is 0 Å². The van der Waals surface area contributed by atoms with Crippen molar-refractivity contribution in [2.24, 2.45) is 11.7 Å². The number of likely N-dealkylation sites (tertiary alicyclic amines) is 1. The summed E-state index contributed by atoms with van der Waals surface area (Å²) in [6.45, 7) is 0.909. The lowest BCUT2D eigenvalue weighted by Gasteiger charge is -2.35. The number of hydrogen-bond acceptors (Lipinski definition) is 4. The maximum atomic E-state index is 12.1. The van der Waals surface area contributed by atoms with Crippen molar-refractivity contribution < 1.29 is 14.4 Å². The smallest absolute Gasteiger partial charge is 0.312 e. The second-order valence-electron chi connectivity index (χ2n) is 4.71. The molecule has 3 amide bonds. The summed E-state index contributed by atoms with van der Waals surface area (Å²) in [4.78, 5) is 36.9. The van der Waals surface area contributed by atoms with Crippen LogP contribution < -0.4 is 16.4 Å². The maximum absolute atomic E-state index is 12.1. The molecule has 8 heteroatoms. The quantitative estimate of drug-likeness (QED) is 0.407. The van der Waals surface area contributed by atoms with Crippen molar-refractivity contribution >= 4 is 34.9 Å². The number of hydrogen-bond donors (Lipinski definition) is 3. The average Bonchev–Trinajstić information content (AvgIpc) is 2.77. The molecular formula is C11H16N4O3S. The van der Waals surface area contributed by atoms with Crippen molar-refractivity contribution in [1.29, 1.82) is 0 Å². The molecule has 0 radical (unpaired) electrons. The van der Waals surface area contributed by atoms with Gasteiger partial charge in [0.05, 0.1) is 23.5 Å². The lowest BCUT2D eigenvalue weighted by Crippen LogP contribution is -2.54. The normalized spacial score (nSPS) is 25.5. The number of carbonyl (C=O) groups excluding carboxylic acids is 3. The molecule has 0 spiro atoms. The Bertz CT molecular complexity index is 440. The van der Waals surface area contributed by atoms with Crippen LogP contribution in [0.3, 0.4) is 0 Å². The first-order chi connectivity index (χ1) is 9.00. The predicted molar refractivity (Wildman–Crippen MR) is 71.0 cm³/mol. The first-order valence-corrected chi connectivity index (χ1v) is 6.56. The Morgan fingerprint density at radius 2 is 2.26 bits per heavy atom. The van der Waals surface area contributed by atoms with Gasteiger partial charge in [-0.3, -0.25) is 14.4 Å². The summed E-state index contributed by atoms with van der Waals surface area (Å²) in [5, 5.41) is 5.10. The van der Waals surface area contributed by atoms with Crippen LogP contribution in [0.1, 0.15) is 12.8 Å². The van der Waals surface area contributed by atoms with Crippen LogP contribution in [0.4, 0.5) is 0 Å². The first-order valence-electron chi connectivity index (χ1n) is 6.15. The van der Waals surface area contributed by atoms with Gasteiger partial charge in [-0.1, -0.05) is 12.2 Å². The number of piperidine rings is 1. The molecule has 7 nitrogen and oxygen atoms in total. The molecule has 2 atom stereocenters. The molecular weight excluding hydrogens is 268 g/mol. The van der Waals surface area contributed by atoms with Crippen LogP contribution in [0, 0.1) is 5.92 Å². The second kappa shape index (κ2) is 5.52. The highest BCUT2D eigenvalue weighted by molar-refractivity contribution is 7.80. The van der Waals surface area contributed by atoms with E-state index in [2.05, 4.69) is 22.9 Å². The topological polar surface area (TPSA) is 105 Å². The van der Waals surface area contributed by atoms with Crippen molar-refractivity contribution in [2.45, 2.75) is 18.9 Å². The molecule has 2 fully saturated rings. The molecule has 0 aliphatic carbocycles. The van der Waals surface area contributed by atoms with Crippen LogP contribution in [0.2, 0.25) is 0 Å². The fourth-order valence-electron chi connectivity index (χ4n) is 2.58. The van der Waals surface area contributed by atoms with Gasteiger partial charge in [0.1, 0.15) is 0 Å². The number of amides is 3. The van der Waals surface area contributed by atoms with E-state index < -0.39 is 11.8 Å². The number of thiocarbonyl (C=S) groups is 1. The van der Waals surface area contributed by atoms with Crippen LogP contribution in [0.25, 0.3) is 0 Å². The molecule has 2 heterocycles.